The zero-order valence-corrected chi connectivity index (χ0v) is 15.4. The van der Waals surface area contributed by atoms with Crippen LogP contribution in [0.25, 0.3) is 11.0 Å². The molecule has 1 fully saturated rings. The van der Waals surface area contributed by atoms with E-state index in [2.05, 4.69) is 10.2 Å². The van der Waals surface area contributed by atoms with Gasteiger partial charge in [0.25, 0.3) is 0 Å². The fourth-order valence-electron chi connectivity index (χ4n) is 3.72. The van der Waals surface area contributed by atoms with Crippen LogP contribution in [0.15, 0.2) is 51.7 Å². The first-order valence-corrected chi connectivity index (χ1v) is 9.33. The maximum atomic E-state index is 12.5. The van der Waals surface area contributed by atoms with E-state index in [1.807, 2.05) is 30.3 Å². The molecule has 0 radical (unpaired) electrons. The van der Waals surface area contributed by atoms with Gasteiger partial charge in [-0.15, -0.1) is 0 Å². The van der Waals surface area contributed by atoms with Gasteiger partial charge in [-0.2, -0.15) is 0 Å². The molecule has 6 heteroatoms. The predicted molar refractivity (Wildman–Crippen MR) is 102 cm³/mol. The van der Waals surface area contributed by atoms with Crippen LogP contribution in [0.1, 0.15) is 30.2 Å². The highest BCUT2D eigenvalue weighted by Gasteiger charge is 2.26. The second kappa shape index (κ2) is 7.88. The molecule has 3 heterocycles. The van der Waals surface area contributed by atoms with Gasteiger partial charge in [0.15, 0.2) is 0 Å². The molecule has 2 aromatic heterocycles. The molecule has 6 nitrogen and oxygen atoms in total. The number of benzene rings is 1. The van der Waals surface area contributed by atoms with E-state index in [9.17, 15) is 4.79 Å². The summed E-state index contributed by atoms with van der Waals surface area (Å²) in [4.78, 5) is 14.9. The Balaban J connectivity index is 1.41. The molecule has 1 N–H and O–H groups in total. The largest absolute Gasteiger partial charge is 0.497 e. The van der Waals surface area contributed by atoms with Gasteiger partial charge in [-0.05, 0) is 50.2 Å². The van der Waals surface area contributed by atoms with Gasteiger partial charge in [0, 0.05) is 23.6 Å². The van der Waals surface area contributed by atoms with Gasteiger partial charge in [0.1, 0.15) is 17.1 Å². The van der Waals surface area contributed by atoms with Crippen molar-refractivity contribution in [2.24, 2.45) is 0 Å². The smallest absolute Gasteiger partial charge is 0.224 e. The van der Waals surface area contributed by atoms with Crippen molar-refractivity contribution < 1.29 is 18.4 Å². The molecule has 0 bridgehead atoms. The zero-order chi connectivity index (χ0) is 18.6. The van der Waals surface area contributed by atoms with E-state index in [4.69, 9.17) is 13.6 Å². The summed E-state index contributed by atoms with van der Waals surface area (Å²) in [5, 5.41) is 4.00. The third-order valence-corrected chi connectivity index (χ3v) is 5.16. The molecule has 0 aliphatic carbocycles. The molecule has 4 rings (SSSR count). The van der Waals surface area contributed by atoms with Crippen LogP contribution in [0, 0.1) is 0 Å². The third-order valence-electron chi connectivity index (χ3n) is 5.16. The number of rotatable bonds is 7. The van der Waals surface area contributed by atoms with Crippen LogP contribution >= 0.6 is 0 Å². The van der Waals surface area contributed by atoms with Crippen LogP contribution in [0.5, 0.6) is 5.75 Å². The molecule has 142 valence electrons. The van der Waals surface area contributed by atoms with E-state index in [0.29, 0.717) is 6.54 Å². The van der Waals surface area contributed by atoms with Crippen molar-refractivity contribution in [1.29, 1.82) is 0 Å². The Labute approximate surface area is 158 Å². The van der Waals surface area contributed by atoms with Crippen molar-refractivity contribution in [3.63, 3.8) is 0 Å². The molecule has 1 unspecified atom stereocenters. The molecular weight excluding hydrogens is 344 g/mol. The molecule has 1 saturated heterocycles. The van der Waals surface area contributed by atoms with Crippen molar-refractivity contribution in [3.8, 4) is 5.75 Å². The highest BCUT2D eigenvalue weighted by Crippen LogP contribution is 2.27. The lowest BCUT2D eigenvalue weighted by Crippen LogP contribution is -2.37. The number of furan rings is 2. The minimum atomic E-state index is -0.0238. The Hall–Kier alpha value is -2.73. The monoisotopic (exact) mass is 368 g/mol. The average Bonchev–Trinajstić information content (AvgIpc) is 3.44. The summed E-state index contributed by atoms with van der Waals surface area (Å²) in [7, 11) is 1.62. The van der Waals surface area contributed by atoms with Crippen molar-refractivity contribution in [2.75, 3.05) is 26.7 Å². The minimum Gasteiger partial charge on any atom is -0.497 e. The van der Waals surface area contributed by atoms with Gasteiger partial charge in [-0.3, -0.25) is 9.69 Å². The van der Waals surface area contributed by atoms with E-state index in [1.54, 1.807) is 19.6 Å². The average molecular weight is 368 g/mol. The number of hydrogen-bond donors (Lipinski definition) is 1. The molecule has 1 aliphatic heterocycles. The number of amides is 1. The van der Waals surface area contributed by atoms with Gasteiger partial charge in [0.05, 0.1) is 32.1 Å². The number of nitrogens with one attached hydrogen (secondary N) is 1. The van der Waals surface area contributed by atoms with Gasteiger partial charge >= 0.3 is 0 Å². The Kier molecular flexibility index (Phi) is 5.16. The second-order valence-corrected chi connectivity index (χ2v) is 6.88. The van der Waals surface area contributed by atoms with Gasteiger partial charge in [-0.1, -0.05) is 0 Å². The first kappa shape index (κ1) is 17.7. The summed E-state index contributed by atoms with van der Waals surface area (Å²) in [6.07, 6.45) is 6.00. The van der Waals surface area contributed by atoms with E-state index in [-0.39, 0.29) is 18.4 Å². The number of fused-ring (bicyclic) bond motifs is 1. The first-order valence-electron chi connectivity index (χ1n) is 9.33. The summed E-state index contributed by atoms with van der Waals surface area (Å²) in [5.41, 5.74) is 1.60. The van der Waals surface area contributed by atoms with Gasteiger partial charge in [-0.25, -0.2) is 0 Å². The van der Waals surface area contributed by atoms with Crippen molar-refractivity contribution in [2.45, 2.75) is 25.3 Å². The summed E-state index contributed by atoms with van der Waals surface area (Å²) in [5.74, 6) is 1.61. The molecule has 1 amide bonds. The van der Waals surface area contributed by atoms with Crippen molar-refractivity contribution in [1.82, 2.24) is 10.2 Å². The summed E-state index contributed by atoms with van der Waals surface area (Å²) < 4.78 is 16.4. The van der Waals surface area contributed by atoms with Crippen LogP contribution in [-0.2, 0) is 11.2 Å². The van der Waals surface area contributed by atoms with Crippen LogP contribution in [-0.4, -0.2) is 37.6 Å². The molecule has 0 spiro atoms. The summed E-state index contributed by atoms with van der Waals surface area (Å²) in [6.45, 7) is 2.61. The normalized spacial score (nSPS) is 15.9. The maximum Gasteiger partial charge on any atom is 0.224 e. The molecule has 27 heavy (non-hydrogen) atoms. The standard InChI is InChI=1S/C21H24N2O4/c1-25-16-6-7-17-15(14-27-20(17)12-16)11-21(24)22-13-18(19-5-4-10-26-19)23-8-2-3-9-23/h4-7,10,12,14,18H,2-3,8-9,11,13H2,1H3,(H,22,24). The van der Waals surface area contributed by atoms with Gasteiger partial charge < -0.3 is 18.9 Å². The number of methoxy groups -OCH3 is 1. The number of nitrogens with zero attached hydrogens (tertiary/aromatic N) is 1. The Bertz CT molecular complexity index is 894. The fourth-order valence-corrected chi connectivity index (χ4v) is 3.72. The topological polar surface area (TPSA) is 67.8 Å². The Morgan fingerprint density at radius 1 is 1.26 bits per heavy atom. The summed E-state index contributed by atoms with van der Waals surface area (Å²) >= 11 is 0. The first-order chi connectivity index (χ1) is 13.2. The van der Waals surface area contributed by atoms with Crippen LogP contribution in [0.4, 0.5) is 0 Å². The van der Waals surface area contributed by atoms with Crippen LogP contribution < -0.4 is 10.1 Å². The Morgan fingerprint density at radius 3 is 2.85 bits per heavy atom. The van der Waals surface area contributed by atoms with E-state index < -0.39 is 0 Å². The quantitative estimate of drug-likeness (QED) is 0.691. The molecule has 0 saturated carbocycles. The second-order valence-electron chi connectivity index (χ2n) is 6.88. The minimum absolute atomic E-state index is 0.0238. The maximum absolute atomic E-state index is 12.5. The highest BCUT2D eigenvalue weighted by atomic mass is 16.5. The number of hydrogen-bond acceptors (Lipinski definition) is 5. The molecule has 1 atom stereocenters. The van der Waals surface area contributed by atoms with E-state index in [1.165, 1.54) is 12.8 Å². The van der Waals surface area contributed by atoms with Gasteiger partial charge in [0.2, 0.25) is 5.91 Å². The highest BCUT2D eigenvalue weighted by molar-refractivity contribution is 5.88. The van der Waals surface area contributed by atoms with Crippen molar-refractivity contribution in [3.05, 3.63) is 54.2 Å². The number of ether oxygens (including phenoxy) is 1. The van der Waals surface area contributed by atoms with Crippen molar-refractivity contribution >= 4 is 16.9 Å². The third kappa shape index (κ3) is 3.85. The molecular formula is C21H24N2O4. The van der Waals surface area contributed by atoms with Crippen LogP contribution in [0.2, 0.25) is 0 Å². The lowest BCUT2D eigenvalue weighted by atomic mass is 10.1. The lowest BCUT2D eigenvalue weighted by Gasteiger charge is -2.26. The van der Waals surface area contributed by atoms with E-state index in [0.717, 1.165) is 41.1 Å². The predicted octanol–water partition coefficient (Wildman–Crippen LogP) is 3.53. The Morgan fingerprint density at radius 2 is 2.11 bits per heavy atom. The number of likely N-dealkylation sites (tertiary alicyclic amines) is 1. The molecule has 3 aromatic rings. The lowest BCUT2D eigenvalue weighted by molar-refractivity contribution is -0.120. The molecule has 1 aromatic carbocycles. The summed E-state index contributed by atoms with van der Waals surface area (Å²) in [6, 6.07) is 9.59. The van der Waals surface area contributed by atoms with Crippen LogP contribution in [0.3, 0.4) is 0 Å². The zero-order valence-electron chi connectivity index (χ0n) is 15.4. The molecule has 1 aliphatic rings. The SMILES string of the molecule is COc1ccc2c(CC(=O)NCC(c3ccco3)N3CCCC3)coc2c1. The number of carbonyl (C=O) groups is 1. The number of carbonyl (C=O) groups excluding carboxylic acids is 1. The fraction of sp³-hybridized carbons (Fsp3) is 0.381. The van der Waals surface area contributed by atoms with E-state index >= 15 is 0 Å².